The largest absolute Gasteiger partial charge is 0.381 e. The Balaban J connectivity index is 0.00000261. The van der Waals surface area contributed by atoms with E-state index in [0.717, 1.165) is 30.5 Å². The Kier molecular flexibility index (Phi) is 8.04. The van der Waals surface area contributed by atoms with E-state index in [2.05, 4.69) is 29.4 Å². The number of ether oxygens (including phenoxy) is 1. The van der Waals surface area contributed by atoms with Crippen LogP contribution in [0.5, 0.6) is 0 Å². The monoisotopic (exact) mass is 483 g/mol. The first-order chi connectivity index (χ1) is 12.6. The standard InChI is InChI=1S/C21H26FN3O.HI/c1-2-16-3-9-19(10-4-16)25-20(23)24-15-21(11-13-26-14-12-21)17-5-7-18(22)8-6-17;/h3-10H,2,11-15H2,1H3,(H3,23,24,25);1H. The van der Waals surface area contributed by atoms with Crippen LogP contribution in [0.2, 0.25) is 0 Å². The SMILES string of the molecule is CCc1ccc(NC(N)=NCC2(c3ccc(F)cc3)CCOCC2)cc1.I. The number of benzene rings is 2. The van der Waals surface area contributed by atoms with Gasteiger partial charge in [0.15, 0.2) is 5.96 Å². The third kappa shape index (κ3) is 5.65. The number of hydrogen-bond donors (Lipinski definition) is 2. The van der Waals surface area contributed by atoms with Gasteiger partial charge in [0.2, 0.25) is 0 Å². The zero-order valence-corrected chi connectivity index (χ0v) is 17.9. The Morgan fingerprint density at radius 3 is 2.33 bits per heavy atom. The van der Waals surface area contributed by atoms with Gasteiger partial charge in [-0.25, -0.2) is 4.39 Å². The molecule has 0 aliphatic carbocycles. The van der Waals surface area contributed by atoms with Crippen molar-refractivity contribution in [2.45, 2.75) is 31.6 Å². The lowest BCUT2D eigenvalue weighted by Gasteiger charge is -2.36. The Morgan fingerprint density at radius 2 is 1.74 bits per heavy atom. The van der Waals surface area contributed by atoms with Crippen LogP contribution in [-0.4, -0.2) is 25.7 Å². The van der Waals surface area contributed by atoms with Gasteiger partial charge in [-0.05, 0) is 54.7 Å². The first kappa shape index (κ1) is 21.6. The summed E-state index contributed by atoms with van der Waals surface area (Å²) < 4.78 is 18.8. The highest BCUT2D eigenvalue weighted by Gasteiger charge is 2.34. The van der Waals surface area contributed by atoms with Gasteiger partial charge in [-0.15, -0.1) is 24.0 Å². The number of aliphatic imine (C=N–C) groups is 1. The molecule has 2 aromatic rings. The van der Waals surface area contributed by atoms with Gasteiger partial charge in [0, 0.05) is 24.3 Å². The van der Waals surface area contributed by atoms with E-state index in [1.54, 1.807) is 0 Å². The third-order valence-electron chi connectivity index (χ3n) is 5.09. The van der Waals surface area contributed by atoms with E-state index in [0.29, 0.717) is 25.7 Å². The summed E-state index contributed by atoms with van der Waals surface area (Å²) >= 11 is 0. The molecular weight excluding hydrogens is 456 g/mol. The Morgan fingerprint density at radius 1 is 1.11 bits per heavy atom. The van der Waals surface area contributed by atoms with E-state index in [1.165, 1.54) is 17.7 Å². The van der Waals surface area contributed by atoms with Crippen LogP contribution < -0.4 is 11.1 Å². The molecule has 1 aliphatic heterocycles. The average molecular weight is 483 g/mol. The number of nitrogens with two attached hydrogens (primary N) is 1. The summed E-state index contributed by atoms with van der Waals surface area (Å²) in [6, 6.07) is 14.9. The summed E-state index contributed by atoms with van der Waals surface area (Å²) in [6.07, 6.45) is 2.70. The molecule has 1 aliphatic rings. The van der Waals surface area contributed by atoms with Gasteiger partial charge < -0.3 is 15.8 Å². The van der Waals surface area contributed by atoms with E-state index in [9.17, 15) is 4.39 Å². The molecule has 0 bridgehead atoms. The fourth-order valence-corrected chi connectivity index (χ4v) is 3.35. The van der Waals surface area contributed by atoms with E-state index in [1.807, 2.05) is 24.3 Å². The van der Waals surface area contributed by atoms with Gasteiger partial charge in [-0.1, -0.05) is 31.2 Å². The van der Waals surface area contributed by atoms with Crippen molar-refractivity contribution < 1.29 is 9.13 Å². The molecule has 146 valence electrons. The van der Waals surface area contributed by atoms with Crippen LogP contribution in [0.4, 0.5) is 10.1 Å². The van der Waals surface area contributed by atoms with Crippen molar-refractivity contribution in [2.75, 3.05) is 25.1 Å². The Labute approximate surface area is 177 Å². The van der Waals surface area contributed by atoms with Crippen LogP contribution in [0.3, 0.4) is 0 Å². The van der Waals surface area contributed by atoms with Crippen LogP contribution >= 0.6 is 24.0 Å². The van der Waals surface area contributed by atoms with Gasteiger partial charge in [-0.2, -0.15) is 0 Å². The van der Waals surface area contributed by atoms with Crippen molar-refractivity contribution in [3.63, 3.8) is 0 Å². The van der Waals surface area contributed by atoms with Gasteiger partial charge in [0.05, 0.1) is 6.54 Å². The van der Waals surface area contributed by atoms with Crippen molar-refractivity contribution in [1.82, 2.24) is 0 Å². The van der Waals surface area contributed by atoms with Crippen LogP contribution in [0.25, 0.3) is 0 Å². The summed E-state index contributed by atoms with van der Waals surface area (Å²) in [5, 5.41) is 3.15. The van der Waals surface area contributed by atoms with Gasteiger partial charge in [0.25, 0.3) is 0 Å². The molecule has 0 radical (unpaired) electrons. The molecule has 0 atom stereocenters. The van der Waals surface area contributed by atoms with Crippen molar-refractivity contribution in [3.8, 4) is 0 Å². The second-order valence-corrected chi connectivity index (χ2v) is 6.78. The number of nitrogens with one attached hydrogen (secondary N) is 1. The van der Waals surface area contributed by atoms with Crippen molar-refractivity contribution >= 4 is 35.6 Å². The molecule has 0 saturated carbocycles. The van der Waals surface area contributed by atoms with E-state index < -0.39 is 0 Å². The third-order valence-corrected chi connectivity index (χ3v) is 5.09. The molecular formula is C21H27FIN3O. The van der Waals surface area contributed by atoms with Crippen molar-refractivity contribution in [3.05, 3.63) is 65.5 Å². The minimum Gasteiger partial charge on any atom is -0.381 e. The number of halogens is 2. The number of hydrogen-bond acceptors (Lipinski definition) is 2. The normalized spacial score (nSPS) is 16.4. The number of aryl methyl sites for hydroxylation is 1. The number of rotatable bonds is 5. The first-order valence-corrected chi connectivity index (χ1v) is 9.11. The highest BCUT2D eigenvalue weighted by molar-refractivity contribution is 14.0. The Hall–Kier alpha value is -1.67. The fraction of sp³-hybridized carbons (Fsp3) is 0.381. The molecule has 3 rings (SSSR count). The van der Waals surface area contributed by atoms with Crippen molar-refractivity contribution in [2.24, 2.45) is 10.7 Å². The predicted octanol–water partition coefficient (Wildman–Crippen LogP) is 4.48. The van der Waals surface area contributed by atoms with E-state index in [-0.39, 0.29) is 35.2 Å². The molecule has 1 saturated heterocycles. The maximum absolute atomic E-state index is 13.3. The van der Waals surface area contributed by atoms with E-state index >= 15 is 0 Å². The summed E-state index contributed by atoms with van der Waals surface area (Å²) in [5.41, 5.74) is 9.23. The molecule has 3 N–H and O–H groups in total. The molecule has 0 amide bonds. The summed E-state index contributed by atoms with van der Waals surface area (Å²) in [5.74, 6) is 0.165. The van der Waals surface area contributed by atoms with E-state index in [4.69, 9.17) is 10.5 Å². The smallest absolute Gasteiger partial charge is 0.193 e. The average Bonchev–Trinajstić information content (AvgIpc) is 2.68. The highest BCUT2D eigenvalue weighted by atomic mass is 127. The van der Waals surface area contributed by atoms with Crippen LogP contribution in [0.1, 0.15) is 30.9 Å². The number of nitrogens with zero attached hydrogens (tertiary/aromatic N) is 1. The second-order valence-electron chi connectivity index (χ2n) is 6.78. The molecule has 2 aromatic carbocycles. The number of guanidine groups is 1. The zero-order valence-electron chi connectivity index (χ0n) is 15.6. The second kappa shape index (κ2) is 10.0. The lowest BCUT2D eigenvalue weighted by atomic mass is 9.74. The molecule has 1 fully saturated rings. The van der Waals surface area contributed by atoms with Crippen LogP contribution in [0.15, 0.2) is 53.5 Å². The maximum Gasteiger partial charge on any atom is 0.193 e. The fourth-order valence-electron chi connectivity index (χ4n) is 3.35. The molecule has 27 heavy (non-hydrogen) atoms. The topological polar surface area (TPSA) is 59.6 Å². The number of anilines is 1. The Bertz CT molecular complexity index is 741. The lowest BCUT2D eigenvalue weighted by molar-refractivity contribution is 0.0531. The van der Waals surface area contributed by atoms with Gasteiger partial charge >= 0.3 is 0 Å². The predicted molar refractivity (Wildman–Crippen MR) is 119 cm³/mol. The highest BCUT2D eigenvalue weighted by Crippen LogP contribution is 2.35. The summed E-state index contributed by atoms with van der Waals surface area (Å²) in [7, 11) is 0. The maximum atomic E-state index is 13.3. The summed E-state index contributed by atoms with van der Waals surface area (Å²) in [6.45, 7) is 4.03. The molecule has 6 heteroatoms. The van der Waals surface area contributed by atoms with Crippen LogP contribution in [-0.2, 0) is 16.6 Å². The minimum absolute atomic E-state index is 0. The quantitative estimate of drug-likeness (QED) is 0.375. The lowest BCUT2D eigenvalue weighted by Crippen LogP contribution is -2.38. The van der Waals surface area contributed by atoms with Gasteiger partial charge in [-0.3, -0.25) is 4.99 Å². The summed E-state index contributed by atoms with van der Waals surface area (Å²) in [4.78, 5) is 4.59. The minimum atomic E-state index is -0.226. The first-order valence-electron chi connectivity index (χ1n) is 9.11. The van der Waals surface area contributed by atoms with Crippen molar-refractivity contribution in [1.29, 1.82) is 0 Å². The zero-order chi connectivity index (χ0) is 18.4. The van der Waals surface area contributed by atoms with Gasteiger partial charge in [0.1, 0.15) is 5.82 Å². The molecule has 1 heterocycles. The molecule has 0 aromatic heterocycles. The molecule has 4 nitrogen and oxygen atoms in total. The molecule has 0 unspecified atom stereocenters. The van der Waals surface area contributed by atoms with Crippen LogP contribution in [0, 0.1) is 5.82 Å². The molecule has 0 spiro atoms.